The predicted molar refractivity (Wildman–Crippen MR) is 79.3 cm³/mol. The van der Waals surface area contributed by atoms with Gasteiger partial charge in [0.15, 0.2) is 0 Å². The van der Waals surface area contributed by atoms with Crippen LogP contribution in [0.1, 0.15) is 21.2 Å². The quantitative estimate of drug-likeness (QED) is 0.510. The molecule has 1 N–H and O–H groups in total. The summed E-state index contributed by atoms with van der Waals surface area (Å²) < 4.78 is 0. The average molecular weight is 269 g/mol. The van der Waals surface area contributed by atoms with Crippen molar-refractivity contribution in [1.29, 1.82) is 0 Å². The van der Waals surface area contributed by atoms with Gasteiger partial charge in [0.1, 0.15) is 0 Å². The molecule has 0 atom stereocenters. The first-order valence-electron chi connectivity index (χ1n) is 5.90. The summed E-state index contributed by atoms with van der Waals surface area (Å²) >= 11 is 3.68. The third-order valence-corrected chi connectivity index (χ3v) is 5.28. The summed E-state index contributed by atoms with van der Waals surface area (Å²) in [4.78, 5) is 2.85. The highest BCUT2D eigenvalue weighted by atomic mass is 32.1. The van der Waals surface area contributed by atoms with Crippen LogP contribution in [0.5, 0.6) is 0 Å². The van der Waals surface area contributed by atoms with Gasteiger partial charge in [-0.25, -0.2) is 0 Å². The van der Waals surface area contributed by atoms with E-state index in [0.717, 1.165) is 0 Å². The number of benzene rings is 1. The van der Waals surface area contributed by atoms with Gasteiger partial charge in [0, 0.05) is 9.75 Å². The molecule has 88 valence electrons. The highest BCUT2D eigenvalue weighted by molar-refractivity contribution is 7.12. The lowest BCUT2D eigenvalue weighted by Gasteiger charge is -2.24. The van der Waals surface area contributed by atoms with Gasteiger partial charge < -0.3 is 5.32 Å². The van der Waals surface area contributed by atoms with Crippen LogP contribution in [-0.2, 0) is 0 Å². The molecule has 0 saturated heterocycles. The van der Waals surface area contributed by atoms with Gasteiger partial charge in [-0.1, -0.05) is 30.3 Å². The summed E-state index contributed by atoms with van der Waals surface area (Å²) in [7, 11) is 0. The van der Waals surface area contributed by atoms with Crippen LogP contribution in [0.2, 0.25) is 0 Å². The van der Waals surface area contributed by atoms with E-state index >= 15 is 0 Å². The van der Waals surface area contributed by atoms with E-state index in [-0.39, 0.29) is 0 Å². The molecule has 3 aromatic rings. The molecule has 3 heteroatoms. The standard InChI is InChI=1S/C15H11NS2/c1-2-4-10(5-3-1)13-14-11(6-8-17-14)16-12-7-9-18-15(12)13/h1-9,13,16H. The zero-order valence-electron chi connectivity index (χ0n) is 9.59. The van der Waals surface area contributed by atoms with Gasteiger partial charge in [-0.2, -0.15) is 0 Å². The van der Waals surface area contributed by atoms with E-state index in [0.29, 0.717) is 5.92 Å². The molecule has 1 aliphatic rings. The highest BCUT2D eigenvalue weighted by Gasteiger charge is 2.28. The van der Waals surface area contributed by atoms with Crippen molar-refractivity contribution in [3.63, 3.8) is 0 Å². The van der Waals surface area contributed by atoms with Crippen molar-refractivity contribution >= 4 is 34.0 Å². The molecule has 18 heavy (non-hydrogen) atoms. The van der Waals surface area contributed by atoms with Crippen molar-refractivity contribution in [1.82, 2.24) is 0 Å². The number of anilines is 2. The van der Waals surface area contributed by atoms with E-state index in [1.54, 1.807) is 0 Å². The first kappa shape index (κ1) is 10.4. The van der Waals surface area contributed by atoms with Gasteiger partial charge in [-0.05, 0) is 28.5 Å². The van der Waals surface area contributed by atoms with E-state index in [9.17, 15) is 0 Å². The Balaban J connectivity index is 1.95. The minimum absolute atomic E-state index is 0.400. The molecule has 2 aromatic heterocycles. The van der Waals surface area contributed by atoms with Crippen LogP contribution in [0.15, 0.2) is 53.2 Å². The van der Waals surface area contributed by atoms with Crippen LogP contribution in [0.3, 0.4) is 0 Å². The molecule has 1 aliphatic heterocycles. The molecule has 0 unspecified atom stereocenters. The molecule has 4 rings (SSSR count). The van der Waals surface area contributed by atoms with Gasteiger partial charge in [-0.15, -0.1) is 22.7 Å². The lowest BCUT2D eigenvalue weighted by molar-refractivity contribution is 1.02. The molecule has 0 aliphatic carbocycles. The molecule has 1 nitrogen and oxygen atoms in total. The molecule has 0 spiro atoms. The fraction of sp³-hybridized carbons (Fsp3) is 0.0667. The van der Waals surface area contributed by atoms with E-state index in [1.165, 1.54) is 26.7 Å². The topological polar surface area (TPSA) is 12.0 Å². The molecular weight excluding hydrogens is 258 g/mol. The largest absolute Gasteiger partial charge is 0.354 e. The van der Waals surface area contributed by atoms with Crippen LogP contribution < -0.4 is 5.32 Å². The average Bonchev–Trinajstić information content (AvgIpc) is 3.04. The Morgan fingerprint density at radius 2 is 1.39 bits per heavy atom. The number of fused-ring (bicyclic) bond motifs is 2. The Bertz CT molecular complexity index is 641. The number of hydrogen-bond acceptors (Lipinski definition) is 3. The maximum atomic E-state index is 3.52. The maximum Gasteiger partial charge on any atom is 0.0569 e. The molecule has 0 bridgehead atoms. The van der Waals surface area contributed by atoms with Gasteiger partial charge >= 0.3 is 0 Å². The van der Waals surface area contributed by atoms with Crippen LogP contribution in [-0.4, -0.2) is 0 Å². The van der Waals surface area contributed by atoms with Gasteiger partial charge in [0.05, 0.1) is 17.3 Å². The van der Waals surface area contributed by atoms with E-state index in [1.807, 2.05) is 22.7 Å². The van der Waals surface area contributed by atoms with Gasteiger partial charge in [0.25, 0.3) is 0 Å². The first-order valence-corrected chi connectivity index (χ1v) is 7.66. The lowest BCUT2D eigenvalue weighted by atomic mass is 9.92. The minimum Gasteiger partial charge on any atom is -0.354 e. The summed E-state index contributed by atoms with van der Waals surface area (Å²) in [6, 6.07) is 15.1. The van der Waals surface area contributed by atoms with Crippen LogP contribution in [0.4, 0.5) is 11.4 Å². The normalized spacial score (nSPS) is 13.8. The van der Waals surface area contributed by atoms with Gasteiger partial charge in [-0.3, -0.25) is 0 Å². The van der Waals surface area contributed by atoms with Crippen molar-refractivity contribution in [2.45, 2.75) is 5.92 Å². The minimum atomic E-state index is 0.400. The number of rotatable bonds is 1. The number of hydrogen-bond donors (Lipinski definition) is 1. The smallest absolute Gasteiger partial charge is 0.0569 e. The molecule has 0 amide bonds. The zero-order chi connectivity index (χ0) is 11.9. The van der Waals surface area contributed by atoms with E-state index < -0.39 is 0 Å². The summed E-state index contributed by atoms with van der Waals surface area (Å²) in [5, 5.41) is 7.86. The Labute approximate surface area is 114 Å². The van der Waals surface area contributed by atoms with E-state index in [2.05, 4.69) is 58.5 Å². The number of nitrogens with one attached hydrogen (secondary N) is 1. The SMILES string of the molecule is c1ccc(C2c3sccc3Nc3ccsc32)cc1. The highest BCUT2D eigenvalue weighted by Crippen LogP contribution is 2.49. The third kappa shape index (κ3) is 1.44. The summed E-state index contributed by atoms with van der Waals surface area (Å²) in [6.45, 7) is 0. The summed E-state index contributed by atoms with van der Waals surface area (Å²) in [5.41, 5.74) is 3.91. The third-order valence-electron chi connectivity index (χ3n) is 3.32. The van der Waals surface area contributed by atoms with Crippen LogP contribution in [0.25, 0.3) is 0 Å². The van der Waals surface area contributed by atoms with E-state index in [4.69, 9.17) is 0 Å². The zero-order valence-corrected chi connectivity index (χ0v) is 11.2. The van der Waals surface area contributed by atoms with Crippen molar-refractivity contribution in [3.8, 4) is 0 Å². The van der Waals surface area contributed by atoms with Crippen LogP contribution in [0, 0.1) is 0 Å². The molecule has 0 radical (unpaired) electrons. The van der Waals surface area contributed by atoms with Crippen LogP contribution >= 0.6 is 22.7 Å². The second-order valence-corrected chi connectivity index (χ2v) is 6.26. The maximum absolute atomic E-state index is 3.52. The Morgan fingerprint density at radius 3 is 2.00 bits per heavy atom. The monoisotopic (exact) mass is 269 g/mol. The second-order valence-electron chi connectivity index (χ2n) is 4.37. The van der Waals surface area contributed by atoms with Crippen molar-refractivity contribution in [3.05, 3.63) is 68.5 Å². The Hall–Kier alpha value is -1.58. The molecule has 1 aromatic carbocycles. The van der Waals surface area contributed by atoms with Crippen molar-refractivity contribution < 1.29 is 0 Å². The summed E-state index contributed by atoms with van der Waals surface area (Å²) in [6.07, 6.45) is 0. The first-order chi connectivity index (χ1) is 8.93. The Kier molecular flexibility index (Phi) is 2.28. The molecule has 3 heterocycles. The second kappa shape index (κ2) is 3.97. The van der Waals surface area contributed by atoms with Gasteiger partial charge in [0.2, 0.25) is 0 Å². The van der Waals surface area contributed by atoms with Crippen molar-refractivity contribution in [2.75, 3.05) is 5.32 Å². The Morgan fingerprint density at radius 1 is 0.778 bits per heavy atom. The lowest BCUT2D eigenvalue weighted by Crippen LogP contribution is -2.09. The number of thiophene rings is 2. The summed E-state index contributed by atoms with van der Waals surface area (Å²) in [5.74, 6) is 0.400. The molecule has 0 saturated carbocycles. The predicted octanol–water partition coefficient (Wildman–Crippen LogP) is 5.05. The molecular formula is C15H11NS2. The van der Waals surface area contributed by atoms with Crippen molar-refractivity contribution in [2.24, 2.45) is 0 Å². The molecule has 0 fully saturated rings. The fourth-order valence-corrected chi connectivity index (χ4v) is 4.56. The fourth-order valence-electron chi connectivity index (χ4n) is 2.51.